The Morgan fingerprint density at radius 3 is 2.48 bits per heavy atom. The molecule has 4 rings (SSSR count). The van der Waals surface area contributed by atoms with E-state index >= 15 is 0 Å². The van der Waals surface area contributed by atoms with Crippen LogP contribution in [0.5, 0.6) is 23.0 Å². The van der Waals surface area contributed by atoms with Crippen LogP contribution in [0.1, 0.15) is 49.1 Å². The predicted octanol–water partition coefficient (Wildman–Crippen LogP) is 4.71. The number of methoxy groups -OCH3 is 1. The molecule has 0 spiro atoms. The number of nitrogens with one attached hydrogen (secondary N) is 3. The van der Waals surface area contributed by atoms with Crippen LogP contribution in [0, 0.1) is 11.3 Å². The largest absolute Gasteiger partial charge is 0.490 e. The van der Waals surface area contributed by atoms with Crippen LogP contribution in [0.2, 0.25) is 5.02 Å². The molecule has 48 heavy (non-hydrogen) atoms. The number of aliphatic hydroxyl groups is 1. The number of amides is 2. The number of aliphatic hydroxyl groups excluding tert-OH is 1. The number of nitrogens with zero attached hydrogens (tertiary/aromatic N) is 2. The summed E-state index contributed by atoms with van der Waals surface area (Å²) in [5.41, 5.74) is 5.81. The summed E-state index contributed by atoms with van der Waals surface area (Å²) in [4.78, 5) is 24.6. The Balaban J connectivity index is 1.40. The van der Waals surface area contributed by atoms with Crippen molar-refractivity contribution in [3.8, 4) is 29.1 Å². The minimum atomic E-state index is -1.20. The highest BCUT2D eigenvalue weighted by molar-refractivity contribution is 6.32. The third-order valence-corrected chi connectivity index (χ3v) is 7.19. The van der Waals surface area contributed by atoms with E-state index in [1.165, 1.54) is 13.3 Å². The maximum absolute atomic E-state index is 12.5. The van der Waals surface area contributed by atoms with Crippen LogP contribution >= 0.6 is 11.6 Å². The first-order valence-electron chi connectivity index (χ1n) is 15.0. The summed E-state index contributed by atoms with van der Waals surface area (Å²) in [5.74, 6) is 0.881. The smallest absolute Gasteiger partial charge is 0.337 e. The molecule has 2 amide bonds. The van der Waals surface area contributed by atoms with Gasteiger partial charge in [0.05, 0.1) is 54.8 Å². The Morgan fingerprint density at radius 2 is 1.79 bits per heavy atom. The zero-order chi connectivity index (χ0) is 34.6. The number of ether oxygens (including phenoxy) is 5. The zero-order valence-corrected chi connectivity index (χ0v) is 27.6. The van der Waals surface area contributed by atoms with Crippen LogP contribution in [0.25, 0.3) is 0 Å². The van der Waals surface area contributed by atoms with Gasteiger partial charge in [0.15, 0.2) is 29.2 Å². The number of benzene rings is 3. The molecule has 1 heterocycles. The first kappa shape index (κ1) is 35.4. The van der Waals surface area contributed by atoms with Gasteiger partial charge in [-0.2, -0.15) is 10.4 Å². The molecule has 14 heteroatoms. The number of halogens is 1. The number of hydrazone groups is 1. The average molecular weight is 678 g/mol. The predicted molar refractivity (Wildman–Crippen MR) is 177 cm³/mol. The van der Waals surface area contributed by atoms with E-state index in [9.17, 15) is 14.7 Å². The topological polar surface area (TPSA) is 173 Å². The van der Waals surface area contributed by atoms with Crippen molar-refractivity contribution in [2.45, 2.75) is 39.6 Å². The third-order valence-electron chi connectivity index (χ3n) is 6.91. The van der Waals surface area contributed by atoms with E-state index in [2.05, 4.69) is 27.2 Å². The molecule has 0 fully saturated rings. The van der Waals surface area contributed by atoms with Gasteiger partial charge in [0.25, 0.3) is 0 Å². The quantitative estimate of drug-likeness (QED) is 0.0764. The summed E-state index contributed by atoms with van der Waals surface area (Å²) in [5, 5.41) is 29.2. The van der Waals surface area contributed by atoms with Gasteiger partial charge >= 0.3 is 12.0 Å². The fourth-order valence-electron chi connectivity index (χ4n) is 4.72. The maximum atomic E-state index is 12.5. The Bertz CT molecular complexity index is 1720. The van der Waals surface area contributed by atoms with Gasteiger partial charge in [0.1, 0.15) is 13.2 Å². The molecular weight excluding hydrogens is 642 g/mol. The fourth-order valence-corrected chi connectivity index (χ4v) is 4.99. The Labute approximate surface area is 283 Å². The molecule has 0 saturated carbocycles. The molecule has 0 unspecified atom stereocenters. The molecule has 3 aromatic carbocycles. The number of nitriles is 1. The number of hydrogen-bond donors (Lipinski definition) is 4. The lowest BCUT2D eigenvalue weighted by Gasteiger charge is -2.28. The second-order valence-corrected chi connectivity index (χ2v) is 10.7. The minimum absolute atomic E-state index is 0.194. The normalized spacial score (nSPS) is 14.8. The van der Waals surface area contributed by atoms with Crippen LogP contribution in [0.4, 0.5) is 4.79 Å². The van der Waals surface area contributed by atoms with Gasteiger partial charge in [-0.1, -0.05) is 29.8 Å². The van der Waals surface area contributed by atoms with Gasteiger partial charge in [0.2, 0.25) is 0 Å². The molecular formula is C34H36ClN5O8. The van der Waals surface area contributed by atoms with Crippen LogP contribution in [-0.4, -0.2) is 56.5 Å². The molecule has 0 radical (unpaired) electrons. The van der Waals surface area contributed by atoms with Gasteiger partial charge in [0, 0.05) is 5.70 Å². The summed E-state index contributed by atoms with van der Waals surface area (Å²) in [6.07, 6.45) is 0.261. The van der Waals surface area contributed by atoms with Crippen molar-refractivity contribution in [3.05, 3.63) is 93.1 Å². The van der Waals surface area contributed by atoms with Gasteiger partial charge in [-0.25, -0.2) is 9.59 Å². The van der Waals surface area contributed by atoms with E-state index in [1.807, 2.05) is 6.92 Å². The standard InChI is InChI=1S/C34H36ClN5O8/c1-5-45-27-15-24(31-30(33(42)44-4)20(3)38-34(43)39-31)11-12-26(27)47-19-29(41)40-37-17-23-13-25(35)32(28(14-23)46-6-2)48-18-22-9-7-21(16-36)8-10-22/h7-15,17,29,31,40-41H,5-6,18-19H2,1-4H3,(H2,38,39,43)/b37-17+/t29-,31-/m1/s1. The molecule has 3 aromatic rings. The van der Waals surface area contributed by atoms with Gasteiger partial charge in [-0.05, 0) is 73.9 Å². The molecule has 1 aliphatic heterocycles. The lowest BCUT2D eigenvalue weighted by atomic mass is 9.95. The monoisotopic (exact) mass is 677 g/mol. The van der Waals surface area contributed by atoms with E-state index in [4.69, 9.17) is 40.5 Å². The van der Waals surface area contributed by atoms with Crippen molar-refractivity contribution >= 4 is 29.8 Å². The maximum Gasteiger partial charge on any atom is 0.337 e. The third kappa shape index (κ3) is 9.09. The summed E-state index contributed by atoms with van der Waals surface area (Å²) in [6.45, 7) is 5.97. The number of urea groups is 1. The van der Waals surface area contributed by atoms with Crippen LogP contribution in [0.15, 0.2) is 71.0 Å². The highest BCUT2D eigenvalue weighted by atomic mass is 35.5. The number of carbonyl (C=O) groups excluding carboxylic acids is 2. The number of allylic oxidation sites excluding steroid dienone is 1. The summed E-state index contributed by atoms with van der Waals surface area (Å²) in [7, 11) is 1.27. The molecule has 4 N–H and O–H groups in total. The van der Waals surface area contributed by atoms with E-state index in [1.54, 1.807) is 68.4 Å². The number of esters is 1. The van der Waals surface area contributed by atoms with Crippen molar-refractivity contribution in [1.82, 2.24) is 16.1 Å². The Kier molecular flexibility index (Phi) is 12.5. The molecule has 13 nitrogen and oxygen atoms in total. The van der Waals surface area contributed by atoms with Crippen molar-refractivity contribution in [2.24, 2.45) is 5.10 Å². The highest BCUT2D eigenvalue weighted by Gasteiger charge is 2.32. The van der Waals surface area contributed by atoms with Gasteiger partial charge < -0.3 is 39.4 Å². The van der Waals surface area contributed by atoms with Gasteiger partial charge in [-0.15, -0.1) is 0 Å². The van der Waals surface area contributed by atoms with Crippen LogP contribution < -0.4 is 35.0 Å². The first-order chi connectivity index (χ1) is 23.2. The summed E-state index contributed by atoms with van der Waals surface area (Å²) >= 11 is 6.53. The molecule has 2 atom stereocenters. The number of hydrogen-bond acceptors (Lipinski definition) is 11. The van der Waals surface area contributed by atoms with Crippen molar-refractivity contribution < 1.29 is 38.4 Å². The van der Waals surface area contributed by atoms with E-state index in [0.29, 0.717) is 63.6 Å². The summed E-state index contributed by atoms with van der Waals surface area (Å²) < 4.78 is 28.2. The van der Waals surface area contributed by atoms with Crippen molar-refractivity contribution in [3.63, 3.8) is 0 Å². The molecule has 252 valence electrons. The second kappa shape index (κ2) is 16.9. The van der Waals surface area contributed by atoms with Crippen molar-refractivity contribution in [1.29, 1.82) is 5.26 Å². The van der Waals surface area contributed by atoms with E-state index < -0.39 is 24.3 Å². The lowest BCUT2D eigenvalue weighted by molar-refractivity contribution is -0.136. The van der Waals surface area contributed by atoms with E-state index in [-0.39, 0.29) is 18.8 Å². The summed E-state index contributed by atoms with van der Waals surface area (Å²) in [6, 6.07) is 16.2. The molecule has 0 saturated heterocycles. The highest BCUT2D eigenvalue weighted by Crippen LogP contribution is 2.37. The molecule has 0 aliphatic carbocycles. The SMILES string of the molecule is CCOc1cc([C@H]2NC(=O)NC(C)=C2C(=O)OC)ccc1OC[C@@H](O)N/N=C/c1cc(Cl)c(OCc2ccc(C#N)cc2)c(OCC)c1. The number of carbonyl (C=O) groups is 2. The van der Waals surface area contributed by atoms with Gasteiger partial charge in [-0.3, -0.25) is 5.43 Å². The fraction of sp³-hybridized carbons (Fsp3) is 0.294. The lowest BCUT2D eigenvalue weighted by Crippen LogP contribution is -2.45. The molecule has 0 bridgehead atoms. The molecule has 1 aliphatic rings. The Morgan fingerprint density at radius 1 is 1.06 bits per heavy atom. The Hall–Kier alpha value is -5.45. The zero-order valence-electron chi connectivity index (χ0n) is 26.8. The van der Waals surface area contributed by atoms with Crippen LogP contribution in [0.3, 0.4) is 0 Å². The van der Waals surface area contributed by atoms with Crippen molar-refractivity contribution in [2.75, 3.05) is 26.9 Å². The van der Waals surface area contributed by atoms with Crippen LogP contribution in [-0.2, 0) is 16.1 Å². The second-order valence-electron chi connectivity index (χ2n) is 10.3. The molecule has 0 aromatic heterocycles. The average Bonchev–Trinajstić information content (AvgIpc) is 3.07. The van der Waals surface area contributed by atoms with E-state index in [0.717, 1.165) is 5.56 Å². The minimum Gasteiger partial charge on any atom is -0.490 e. The first-order valence-corrected chi connectivity index (χ1v) is 15.4. The number of rotatable bonds is 15.